The minimum atomic E-state index is -5.46. The zero-order valence-corrected chi connectivity index (χ0v) is 20.6. The molecule has 1 fully saturated rings. The van der Waals surface area contributed by atoms with Crippen molar-refractivity contribution in [2.45, 2.75) is 37.7 Å². The summed E-state index contributed by atoms with van der Waals surface area (Å²) >= 11 is 0. The van der Waals surface area contributed by atoms with Crippen molar-refractivity contribution < 1.29 is 26.3 Å². The lowest BCUT2D eigenvalue weighted by Gasteiger charge is -2.34. The van der Waals surface area contributed by atoms with Gasteiger partial charge in [-0.15, -0.1) is 0 Å². The summed E-state index contributed by atoms with van der Waals surface area (Å²) in [7, 11) is 0. The Morgan fingerprint density at radius 1 is 0.595 bits per heavy atom. The second kappa shape index (κ2) is 10.9. The molecule has 3 aromatic rings. The van der Waals surface area contributed by atoms with Gasteiger partial charge in [-0.1, -0.05) is 78.9 Å². The number of halogens is 6. The molecule has 0 radical (unpaired) electrons. The fourth-order valence-electron chi connectivity index (χ4n) is 4.65. The van der Waals surface area contributed by atoms with Crippen LogP contribution in [0.15, 0.2) is 78.9 Å². The van der Waals surface area contributed by atoms with Crippen LogP contribution in [0.2, 0.25) is 0 Å². The van der Waals surface area contributed by atoms with Gasteiger partial charge in [0.1, 0.15) is 0 Å². The Hall–Kier alpha value is -2.84. The Morgan fingerprint density at radius 2 is 1.08 bits per heavy atom. The first kappa shape index (κ1) is 27.2. The molecule has 1 saturated heterocycles. The zero-order chi connectivity index (χ0) is 26.7. The molecule has 0 aliphatic carbocycles. The van der Waals surface area contributed by atoms with Gasteiger partial charge < -0.3 is 4.90 Å². The van der Waals surface area contributed by atoms with Crippen LogP contribution < -0.4 is 0 Å². The Kier molecular flexibility index (Phi) is 7.99. The molecule has 0 spiro atoms. The summed E-state index contributed by atoms with van der Waals surface area (Å²) in [5, 5.41) is 0. The molecular weight excluding hydrogens is 490 g/mol. The van der Waals surface area contributed by atoms with Crippen LogP contribution in [-0.2, 0) is 18.4 Å². The number of alkyl halides is 6. The Labute approximate surface area is 213 Å². The van der Waals surface area contributed by atoms with E-state index in [0.717, 1.165) is 68.9 Å². The van der Waals surface area contributed by atoms with Crippen molar-refractivity contribution in [1.29, 1.82) is 0 Å². The third-order valence-electron chi connectivity index (χ3n) is 7.31. The lowest BCUT2D eigenvalue weighted by atomic mass is 9.80. The van der Waals surface area contributed by atoms with Crippen molar-refractivity contribution in [3.05, 3.63) is 95.6 Å². The Balaban J connectivity index is 1.33. The van der Waals surface area contributed by atoms with Crippen LogP contribution in [0.25, 0.3) is 11.1 Å². The van der Waals surface area contributed by atoms with Gasteiger partial charge in [-0.2, -0.15) is 26.3 Å². The number of hydrogen-bond donors (Lipinski definition) is 0. The fraction of sp³-hybridized carbons (Fsp3) is 0.379. The number of benzene rings is 3. The molecule has 3 aromatic carbocycles. The van der Waals surface area contributed by atoms with Crippen molar-refractivity contribution in [3.8, 4) is 11.1 Å². The van der Waals surface area contributed by atoms with Gasteiger partial charge in [0.25, 0.3) is 0 Å². The highest BCUT2D eigenvalue weighted by molar-refractivity contribution is 5.64. The molecule has 0 saturated carbocycles. The average molecular weight is 521 g/mol. The smallest absolute Gasteiger partial charge is 0.300 e. The molecule has 0 bridgehead atoms. The highest BCUT2D eigenvalue weighted by Gasteiger charge is 2.68. The molecule has 0 atom stereocenters. The van der Waals surface area contributed by atoms with Crippen LogP contribution in [0.1, 0.15) is 23.6 Å². The van der Waals surface area contributed by atoms with Crippen LogP contribution in [0, 0.1) is 0 Å². The standard InChI is InChI=1S/C29H30F6N2/c1-27(28(30,31)32,29(33,34)35)26-13-11-25(12-14-26)24-9-7-23(8-10-24)21-37-19-17-36(18-20-37)16-15-22-5-3-2-4-6-22/h2-14H,15-21H2,1H3. The summed E-state index contributed by atoms with van der Waals surface area (Å²) in [5.41, 5.74) is -0.991. The molecule has 0 N–H and O–H groups in total. The molecular formula is C29H30F6N2. The van der Waals surface area contributed by atoms with Gasteiger partial charge in [-0.25, -0.2) is 0 Å². The summed E-state index contributed by atoms with van der Waals surface area (Å²) in [6.07, 6.45) is -9.88. The summed E-state index contributed by atoms with van der Waals surface area (Å²) < 4.78 is 80.1. The van der Waals surface area contributed by atoms with Crippen LogP contribution in [0.5, 0.6) is 0 Å². The van der Waals surface area contributed by atoms with Crippen LogP contribution in [0.3, 0.4) is 0 Å². The van der Waals surface area contributed by atoms with E-state index in [2.05, 4.69) is 34.1 Å². The lowest BCUT2D eigenvalue weighted by Crippen LogP contribution is -2.51. The molecule has 37 heavy (non-hydrogen) atoms. The molecule has 1 aliphatic heterocycles. The second-order valence-corrected chi connectivity index (χ2v) is 9.75. The highest BCUT2D eigenvalue weighted by atomic mass is 19.4. The SMILES string of the molecule is CC(c1ccc(-c2ccc(CN3CCN(CCc4ccccc4)CC3)cc2)cc1)(C(F)(F)F)C(F)(F)F. The minimum Gasteiger partial charge on any atom is -0.300 e. The van der Waals surface area contributed by atoms with Crippen LogP contribution in [-0.4, -0.2) is 54.9 Å². The summed E-state index contributed by atoms with van der Waals surface area (Å²) in [6, 6.07) is 22.5. The fourth-order valence-corrected chi connectivity index (χ4v) is 4.65. The average Bonchev–Trinajstić information content (AvgIpc) is 2.88. The molecule has 8 heteroatoms. The number of nitrogens with zero attached hydrogens (tertiary/aromatic N) is 2. The second-order valence-electron chi connectivity index (χ2n) is 9.75. The number of piperazine rings is 1. The van der Waals surface area contributed by atoms with E-state index in [4.69, 9.17) is 0 Å². The van der Waals surface area contributed by atoms with Crippen LogP contribution in [0.4, 0.5) is 26.3 Å². The van der Waals surface area contributed by atoms with E-state index in [0.29, 0.717) is 5.56 Å². The normalized spacial score (nSPS) is 16.2. The van der Waals surface area contributed by atoms with Gasteiger partial charge in [-0.05, 0) is 41.2 Å². The molecule has 1 heterocycles. The van der Waals surface area contributed by atoms with E-state index >= 15 is 0 Å². The van der Waals surface area contributed by atoms with Crippen molar-refractivity contribution in [1.82, 2.24) is 9.80 Å². The monoisotopic (exact) mass is 520 g/mol. The third kappa shape index (κ3) is 6.18. The first-order valence-corrected chi connectivity index (χ1v) is 12.3. The van der Waals surface area contributed by atoms with E-state index in [-0.39, 0.29) is 6.92 Å². The quantitative estimate of drug-likeness (QED) is 0.307. The predicted molar refractivity (Wildman–Crippen MR) is 133 cm³/mol. The van der Waals surface area contributed by atoms with Gasteiger partial charge in [0, 0.05) is 39.3 Å². The number of rotatable bonds is 7. The molecule has 4 rings (SSSR count). The van der Waals surface area contributed by atoms with Crippen molar-refractivity contribution >= 4 is 0 Å². The van der Waals surface area contributed by atoms with Gasteiger partial charge in [0.05, 0.1) is 0 Å². The minimum absolute atomic E-state index is 0.180. The maximum absolute atomic E-state index is 13.4. The molecule has 2 nitrogen and oxygen atoms in total. The maximum atomic E-state index is 13.4. The van der Waals surface area contributed by atoms with Crippen LogP contribution >= 0.6 is 0 Å². The van der Waals surface area contributed by atoms with Gasteiger partial charge in [-0.3, -0.25) is 4.90 Å². The van der Waals surface area contributed by atoms with E-state index in [1.807, 2.05) is 30.3 Å². The molecule has 0 unspecified atom stereocenters. The first-order chi connectivity index (χ1) is 17.5. The van der Waals surface area contributed by atoms with Gasteiger partial charge in [0.15, 0.2) is 5.41 Å². The topological polar surface area (TPSA) is 6.48 Å². The Morgan fingerprint density at radius 3 is 1.59 bits per heavy atom. The summed E-state index contributed by atoms with van der Waals surface area (Å²) in [5.74, 6) is 0. The van der Waals surface area contributed by atoms with E-state index in [1.54, 1.807) is 0 Å². The van der Waals surface area contributed by atoms with Gasteiger partial charge in [0.2, 0.25) is 0 Å². The predicted octanol–water partition coefficient (Wildman–Crippen LogP) is 7.10. The van der Waals surface area contributed by atoms with E-state index in [1.165, 1.54) is 17.7 Å². The van der Waals surface area contributed by atoms with E-state index in [9.17, 15) is 26.3 Å². The lowest BCUT2D eigenvalue weighted by molar-refractivity contribution is -0.297. The first-order valence-electron chi connectivity index (χ1n) is 12.3. The summed E-state index contributed by atoms with van der Waals surface area (Å²) in [4.78, 5) is 4.86. The number of hydrogen-bond acceptors (Lipinski definition) is 2. The molecule has 0 aromatic heterocycles. The molecule has 0 amide bonds. The molecule has 1 aliphatic rings. The zero-order valence-electron chi connectivity index (χ0n) is 20.6. The van der Waals surface area contributed by atoms with Gasteiger partial charge >= 0.3 is 12.4 Å². The van der Waals surface area contributed by atoms with Crippen molar-refractivity contribution in [2.75, 3.05) is 32.7 Å². The largest absolute Gasteiger partial charge is 0.406 e. The third-order valence-corrected chi connectivity index (χ3v) is 7.31. The highest BCUT2D eigenvalue weighted by Crippen LogP contribution is 2.51. The maximum Gasteiger partial charge on any atom is 0.406 e. The molecule has 198 valence electrons. The van der Waals surface area contributed by atoms with Crippen molar-refractivity contribution in [2.24, 2.45) is 0 Å². The Bertz CT molecular complexity index is 1120. The summed E-state index contributed by atoms with van der Waals surface area (Å²) in [6.45, 7) is 5.96. The van der Waals surface area contributed by atoms with E-state index < -0.39 is 23.3 Å². The van der Waals surface area contributed by atoms with Crippen molar-refractivity contribution in [3.63, 3.8) is 0 Å².